The third-order valence-corrected chi connectivity index (χ3v) is 3.66. The molecule has 1 aromatic heterocycles. The van der Waals surface area contributed by atoms with Crippen LogP contribution in [0.1, 0.15) is 44.6 Å². The van der Waals surface area contributed by atoms with Gasteiger partial charge in [-0.25, -0.2) is 4.98 Å². The molecule has 0 saturated heterocycles. The highest BCUT2D eigenvalue weighted by atomic mass is 16.5. The molecule has 4 nitrogen and oxygen atoms in total. The average molecular weight is 287 g/mol. The third-order valence-electron chi connectivity index (χ3n) is 3.66. The third kappa shape index (κ3) is 3.27. The topological polar surface area (TPSA) is 39.1 Å². The van der Waals surface area contributed by atoms with E-state index in [2.05, 4.69) is 41.7 Å². The van der Waals surface area contributed by atoms with Crippen molar-refractivity contribution in [3.8, 4) is 11.4 Å². The van der Waals surface area contributed by atoms with Crippen molar-refractivity contribution in [2.75, 3.05) is 13.7 Å². The molecule has 0 spiro atoms. The van der Waals surface area contributed by atoms with Crippen LogP contribution in [0.5, 0.6) is 5.75 Å². The number of ether oxygens (including phenoxy) is 1. The standard InChI is InChI=1S/C17H25N3O/c1-5-8-16-19-11-12-20(16)14-9-7-10-15(21-4)17(14)13(3)18-6-2/h7,9-13,18H,5-6,8H2,1-4H3. The molecule has 0 bridgehead atoms. The van der Waals surface area contributed by atoms with Crippen molar-refractivity contribution in [2.45, 2.75) is 39.7 Å². The zero-order valence-electron chi connectivity index (χ0n) is 13.4. The Hall–Kier alpha value is -1.81. The summed E-state index contributed by atoms with van der Waals surface area (Å²) in [6.45, 7) is 7.38. The number of rotatable bonds is 7. The van der Waals surface area contributed by atoms with Gasteiger partial charge in [0, 0.05) is 30.4 Å². The molecule has 0 radical (unpaired) electrons. The van der Waals surface area contributed by atoms with Crippen LogP contribution >= 0.6 is 0 Å². The molecule has 1 atom stereocenters. The highest BCUT2D eigenvalue weighted by molar-refractivity contribution is 5.52. The van der Waals surface area contributed by atoms with Crippen LogP contribution < -0.4 is 10.1 Å². The molecular weight excluding hydrogens is 262 g/mol. The van der Waals surface area contributed by atoms with E-state index in [4.69, 9.17) is 4.74 Å². The van der Waals surface area contributed by atoms with Crippen molar-refractivity contribution in [3.63, 3.8) is 0 Å². The van der Waals surface area contributed by atoms with Gasteiger partial charge in [-0.05, 0) is 32.0 Å². The van der Waals surface area contributed by atoms with Crippen LogP contribution in [-0.4, -0.2) is 23.2 Å². The van der Waals surface area contributed by atoms with E-state index in [1.165, 1.54) is 5.56 Å². The van der Waals surface area contributed by atoms with Crippen molar-refractivity contribution in [1.29, 1.82) is 0 Å². The molecule has 1 N–H and O–H groups in total. The lowest BCUT2D eigenvalue weighted by molar-refractivity contribution is 0.402. The van der Waals surface area contributed by atoms with Gasteiger partial charge in [-0.15, -0.1) is 0 Å². The zero-order chi connectivity index (χ0) is 15.2. The molecule has 1 heterocycles. The van der Waals surface area contributed by atoms with Crippen molar-refractivity contribution in [3.05, 3.63) is 42.0 Å². The summed E-state index contributed by atoms with van der Waals surface area (Å²) in [5.41, 5.74) is 2.32. The van der Waals surface area contributed by atoms with Crippen LogP contribution in [0.3, 0.4) is 0 Å². The summed E-state index contributed by atoms with van der Waals surface area (Å²) >= 11 is 0. The lowest BCUT2D eigenvalue weighted by Crippen LogP contribution is -2.20. The molecule has 1 unspecified atom stereocenters. The van der Waals surface area contributed by atoms with Gasteiger partial charge in [0.1, 0.15) is 11.6 Å². The summed E-state index contributed by atoms with van der Waals surface area (Å²) in [6.07, 6.45) is 5.95. The Morgan fingerprint density at radius 3 is 2.81 bits per heavy atom. The second-order valence-corrected chi connectivity index (χ2v) is 5.14. The van der Waals surface area contributed by atoms with Crippen molar-refractivity contribution >= 4 is 0 Å². The maximum Gasteiger partial charge on any atom is 0.125 e. The summed E-state index contributed by atoms with van der Waals surface area (Å²) < 4.78 is 7.75. The first-order valence-electron chi connectivity index (χ1n) is 7.65. The van der Waals surface area contributed by atoms with Gasteiger partial charge < -0.3 is 14.6 Å². The van der Waals surface area contributed by atoms with Gasteiger partial charge in [-0.1, -0.05) is 19.9 Å². The maximum atomic E-state index is 5.58. The minimum atomic E-state index is 0.220. The Morgan fingerprint density at radius 1 is 1.33 bits per heavy atom. The van der Waals surface area contributed by atoms with Crippen molar-refractivity contribution < 1.29 is 4.74 Å². The molecule has 21 heavy (non-hydrogen) atoms. The molecule has 0 aliphatic heterocycles. The monoisotopic (exact) mass is 287 g/mol. The number of benzene rings is 1. The van der Waals surface area contributed by atoms with E-state index in [1.54, 1.807) is 7.11 Å². The Balaban J connectivity index is 2.54. The summed E-state index contributed by atoms with van der Waals surface area (Å²) in [5.74, 6) is 2.01. The van der Waals surface area contributed by atoms with E-state index < -0.39 is 0 Å². The molecule has 2 rings (SSSR count). The summed E-state index contributed by atoms with van der Waals surface area (Å²) in [5, 5.41) is 3.48. The van der Waals surface area contributed by atoms with Gasteiger partial charge in [0.25, 0.3) is 0 Å². The molecular formula is C17H25N3O. The molecule has 114 valence electrons. The van der Waals surface area contributed by atoms with E-state index in [0.717, 1.165) is 36.6 Å². The van der Waals surface area contributed by atoms with E-state index >= 15 is 0 Å². The fourth-order valence-corrected chi connectivity index (χ4v) is 2.73. The Labute approximate surface area is 127 Å². The minimum absolute atomic E-state index is 0.220. The van der Waals surface area contributed by atoms with Crippen LogP contribution in [0.2, 0.25) is 0 Å². The second-order valence-electron chi connectivity index (χ2n) is 5.14. The predicted molar refractivity (Wildman–Crippen MR) is 86.2 cm³/mol. The number of aromatic nitrogens is 2. The number of hydrogen-bond acceptors (Lipinski definition) is 3. The summed E-state index contributed by atoms with van der Waals surface area (Å²) in [6, 6.07) is 6.40. The number of methoxy groups -OCH3 is 1. The number of aryl methyl sites for hydroxylation is 1. The van der Waals surface area contributed by atoms with Gasteiger partial charge in [0.15, 0.2) is 0 Å². The first-order valence-corrected chi connectivity index (χ1v) is 7.65. The van der Waals surface area contributed by atoms with Gasteiger partial charge in [0.05, 0.1) is 12.8 Å². The van der Waals surface area contributed by atoms with E-state index in [0.29, 0.717) is 0 Å². The van der Waals surface area contributed by atoms with Crippen molar-refractivity contribution in [2.24, 2.45) is 0 Å². The zero-order valence-corrected chi connectivity index (χ0v) is 13.4. The predicted octanol–water partition coefficient (Wildman–Crippen LogP) is 3.50. The van der Waals surface area contributed by atoms with Gasteiger partial charge >= 0.3 is 0 Å². The van der Waals surface area contributed by atoms with Crippen LogP contribution in [0.4, 0.5) is 0 Å². The normalized spacial score (nSPS) is 12.4. The highest BCUT2D eigenvalue weighted by Gasteiger charge is 2.18. The molecule has 4 heteroatoms. The first kappa shape index (κ1) is 15.6. The summed E-state index contributed by atoms with van der Waals surface area (Å²) in [7, 11) is 1.72. The van der Waals surface area contributed by atoms with Crippen LogP contribution in [-0.2, 0) is 6.42 Å². The fraction of sp³-hybridized carbons (Fsp3) is 0.471. The molecule has 0 aliphatic carbocycles. The minimum Gasteiger partial charge on any atom is -0.496 e. The van der Waals surface area contributed by atoms with E-state index in [-0.39, 0.29) is 6.04 Å². The number of nitrogens with zero attached hydrogens (tertiary/aromatic N) is 2. The van der Waals surface area contributed by atoms with Crippen LogP contribution in [0.25, 0.3) is 5.69 Å². The molecule has 0 amide bonds. The molecule has 0 saturated carbocycles. The fourth-order valence-electron chi connectivity index (χ4n) is 2.73. The second kappa shape index (κ2) is 7.27. The molecule has 0 fully saturated rings. The molecule has 2 aromatic rings. The number of nitrogens with one attached hydrogen (secondary N) is 1. The smallest absolute Gasteiger partial charge is 0.125 e. The largest absolute Gasteiger partial charge is 0.496 e. The quantitative estimate of drug-likeness (QED) is 0.847. The molecule has 1 aromatic carbocycles. The van der Waals surface area contributed by atoms with E-state index in [9.17, 15) is 0 Å². The SMILES string of the molecule is CCCc1nccn1-c1cccc(OC)c1C(C)NCC. The van der Waals surface area contributed by atoms with Gasteiger partial charge in [-0.3, -0.25) is 0 Å². The van der Waals surface area contributed by atoms with Crippen molar-refractivity contribution in [1.82, 2.24) is 14.9 Å². The van der Waals surface area contributed by atoms with Gasteiger partial charge in [-0.2, -0.15) is 0 Å². The Morgan fingerprint density at radius 2 is 2.14 bits per heavy atom. The van der Waals surface area contributed by atoms with Gasteiger partial charge in [0.2, 0.25) is 0 Å². The molecule has 0 aliphatic rings. The van der Waals surface area contributed by atoms with Crippen LogP contribution in [0, 0.1) is 0 Å². The average Bonchev–Trinajstić information content (AvgIpc) is 2.95. The number of imidazole rings is 1. The maximum absolute atomic E-state index is 5.58. The van der Waals surface area contributed by atoms with Crippen LogP contribution in [0.15, 0.2) is 30.6 Å². The van der Waals surface area contributed by atoms with E-state index in [1.807, 2.05) is 24.5 Å². The first-order chi connectivity index (χ1) is 10.2. The lowest BCUT2D eigenvalue weighted by atomic mass is 10.0. The summed E-state index contributed by atoms with van der Waals surface area (Å²) in [4.78, 5) is 4.49. The Bertz CT molecular complexity index is 577. The highest BCUT2D eigenvalue weighted by Crippen LogP contribution is 2.31. The lowest BCUT2D eigenvalue weighted by Gasteiger charge is -2.21. The number of hydrogen-bond donors (Lipinski definition) is 1. The Kier molecular flexibility index (Phi) is 5.39.